The Labute approximate surface area is 293 Å². The molecule has 8 nitrogen and oxygen atoms in total. The fourth-order valence-electron chi connectivity index (χ4n) is 6.16. The minimum absolute atomic E-state index is 0.234. The van der Waals surface area contributed by atoms with Gasteiger partial charge in [-0.2, -0.15) is 0 Å². The first-order valence-electron chi connectivity index (χ1n) is 17.1. The van der Waals surface area contributed by atoms with Gasteiger partial charge >= 0.3 is 23.9 Å². The zero-order valence-corrected chi connectivity index (χ0v) is 30.7. The van der Waals surface area contributed by atoms with Gasteiger partial charge in [0.15, 0.2) is 10.8 Å². The number of hydrogen-bond acceptors (Lipinski definition) is 10. The zero-order valence-electron chi connectivity index (χ0n) is 29.1. The first-order valence-corrected chi connectivity index (χ1v) is 19.1. The van der Waals surface area contributed by atoms with Crippen molar-refractivity contribution < 1.29 is 38.1 Å². The van der Waals surface area contributed by atoms with E-state index in [2.05, 4.69) is 76.2 Å². The van der Waals surface area contributed by atoms with Gasteiger partial charge in [0.05, 0.1) is 13.2 Å². The molecular weight excluding hydrogens is 649 g/mol. The van der Waals surface area contributed by atoms with Crippen molar-refractivity contribution >= 4 is 47.4 Å². The topological polar surface area (TPSA) is 105 Å². The number of hydrogen-bond donors (Lipinski definition) is 0. The number of ether oxygens (including phenoxy) is 4. The molecule has 0 bridgehead atoms. The van der Waals surface area contributed by atoms with Gasteiger partial charge in [0.2, 0.25) is 0 Å². The minimum Gasteiger partial charge on any atom is -0.465 e. The molecule has 2 aliphatic rings. The van der Waals surface area contributed by atoms with Gasteiger partial charge in [-0.05, 0) is 86.8 Å². The molecule has 0 N–H and O–H groups in total. The van der Waals surface area contributed by atoms with Crippen LogP contribution in [0, 0.1) is 22.7 Å². The van der Waals surface area contributed by atoms with Crippen molar-refractivity contribution in [2.75, 3.05) is 24.7 Å². The fraction of sp³-hybridized carbons (Fsp3) is 0.579. The molecular formula is C38H50O8S2. The van der Waals surface area contributed by atoms with E-state index in [4.69, 9.17) is 18.9 Å². The minimum atomic E-state index is -1.21. The quantitative estimate of drug-likeness (QED) is 0.0696. The molecule has 0 amide bonds. The van der Waals surface area contributed by atoms with E-state index in [0.717, 1.165) is 33.8 Å². The van der Waals surface area contributed by atoms with Crippen LogP contribution in [0.2, 0.25) is 0 Å². The molecule has 0 aromatic heterocycles. The molecule has 4 atom stereocenters. The third kappa shape index (κ3) is 9.17. The van der Waals surface area contributed by atoms with Crippen LogP contribution in [-0.2, 0) is 38.1 Å². The van der Waals surface area contributed by atoms with Gasteiger partial charge in [-0.15, -0.1) is 23.5 Å². The molecule has 2 aromatic rings. The molecule has 0 radical (unpaired) electrons. The normalized spacial score (nSPS) is 23.8. The number of carbonyl (C=O) groups is 4. The van der Waals surface area contributed by atoms with Crippen molar-refractivity contribution in [2.24, 2.45) is 22.7 Å². The third-order valence-corrected chi connectivity index (χ3v) is 11.3. The number of benzene rings is 2. The summed E-state index contributed by atoms with van der Waals surface area (Å²) >= 11 is 3.21. The Hall–Kier alpha value is -2.98. The van der Waals surface area contributed by atoms with Crippen LogP contribution in [0.15, 0.2) is 58.3 Å². The van der Waals surface area contributed by atoms with E-state index >= 15 is 0 Å². The van der Waals surface area contributed by atoms with Gasteiger partial charge in [0.25, 0.3) is 0 Å². The molecule has 2 heterocycles. The third-order valence-electron chi connectivity index (χ3n) is 9.02. The summed E-state index contributed by atoms with van der Waals surface area (Å²) in [6.45, 7) is 12.3. The van der Waals surface area contributed by atoms with Crippen LogP contribution in [0.25, 0.3) is 11.1 Å². The van der Waals surface area contributed by atoms with Crippen LogP contribution in [0.1, 0.15) is 80.1 Å². The lowest BCUT2D eigenvalue weighted by molar-refractivity contribution is -0.167. The smallest absolute Gasteiger partial charge is 0.323 e. The lowest BCUT2D eigenvalue weighted by atomic mass is 9.79. The van der Waals surface area contributed by atoms with Crippen molar-refractivity contribution in [2.45, 2.75) is 102 Å². The Balaban J connectivity index is 1.30. The number of rotatable bonds is 17. The monoisotopic (exact) mass is 698 g/mol. The predicted octanol–water partition coefficient (Wildman–Crippen LogP) is 8.14. The lowest BCUT2D eigenvalue weighted by Gasteiger charge is -2.23. The summed E-state index contributed by atoms with van der Waals surface area (Å²) in [6.07, 6.45) is 2.38. The van der Waals surface area contributed by atoms with E-state index in [0.29, 0.717) is 49.0 Å². The molecule has 4 rings (SSSR count). The summed E-state index contributed by atoms with van der Waals surface area (Å²) in [4.78, 5) is 53.7. The molecule has 0 aliphatic carbocycles. The molecule has 10 heteroatoms. The summed E-state index contributed by atoms with van der Waals surface area (Å²) in [7, 11) is 0. The molecule has 2 aliphatic heterocycles. The number of thioether (sulfide) groups is 2. The van der Waals surface area contributed by atoms with Gasteiger partial charge in [-0.25, -0.2) is 0 Å². The van der Waals surface area contributed by atoms with Gasteiger partial charge < -0.3 is 18.9 Å². The summed E-state index contributed by atoms with van der Waals surface area (Å²) in [5.74, 6) is 0.00951. The Morgan fingerprint density at radius 1 is 0.688 bits per heavy atom. The average Bonchev–Trinajstić information content (AvgIpc) is 3.57. The van der Waals surface area contributed by atoms with Crippen molar-refractivity contribution in [3.8, 4) is 11.1 Å². The van der Waals surface area contributed by atoms with E-state index in [1.54, 1.807) is 37.4 Å². The Morgan fingerprint density at radius 2 is 1.04 bits per heavy atom. The molecule has 4 unspecified atom stereocenters. The summed E-state index contributed by atoms with van der Waals surface area (Å²) in [6, 6.07) is 16.5. The SMILES string of the molecule is CCOC(=O)C1(CCC(C)C)CC(CSc2ccc(-c3ccc(SCC4CC(CCC(C)C)(C(=O)OCC)C(=O)O4)cc3)cc2)OC1=O. The fourth-order valence-corrected chi connectivity index (χ4v) is 7.95. The highest BCUT2D eigenvalue weighted by atomic mass is 32.2. The number of cyclic esters (lactones) is 2. The van der Waals surface area contributed by atoms with E-state index in [1.165, 1.54) is 0 Å². The number of carbonyl (C=O) groups excluding carboxylic acids is 4. The molecule has 0 saturated carbocycles. The van der Waals surface area contributed by atoms with Crippen LogP contribution >= 0.6 is 23.5 Å². The average molecular weight is 699 g/mol. The van der Waals surface area contributed by atoms with E-state index < -0.39 is 34.7 Å². The second-order valence-corrected chi connectivity index (χ2v) is 15.8. The number of esters is 4. The maximum Gasteiger partial charge on any atom is 0.323 e. The van der Waals surface area contributed by atoms with E-state index in [9.17, 15) is 19.2 Å². The zero-order chi connectivity index (χ0) is 34.9. The van der Waals surface area contributed by atoms with Gasteiger partial charge in [0, 0.05) is 34.1 Å². The maximum atomic E-state index is 12.9. The standard InChI is InChI=1S/C38H50O8S2/c1-7-43-33(39)37(19-17-25(3)4)21-29(45-35(37)41)23-47-31-13-9-27(10-14-31)28-11-15-32(16-12-28)48-24-30-22-38(36(42)46-30,20-18-26(5)6)34(40)44-8-2/h9-16,25-26,29-30H,7-8,17-24H2,1-6H3. The van der Waals surface area contributed by atoms with Crippen LogP contribution in [0.4, 0.5) is 0 Å². The van der Waals surface area contributed by atoms with Crippen LogP contribution < -0.4 is 0 Å². The van der Waals surface area contributed by atoms with Crippen molar-refractivity contribution in [3.63, 3.8) is 0 Å². The first-order chi connectivity index (χ1) is 22.9. The van der Waals surface area contributed by atoms with Crippen molar-refractivity contribution in [3.05, 3.63) is 48.5 Å². The van der Waals surface area contributed by atoms with Gasteiger partial charge in [-0.1, -0.05) is 52.0 Å². The maximum absolute atomic E-state index is 12.9. The predicted molar refractivity (Wildman–Crippen MR) is 189 cm³/mol. The highest BCUT2D eigenvalue weighted by molar-refractivity contribution is 7.99. The summed E-state index contributed by atoms with van der Waals surface area (Å²) in [5, 5.41) is 0. The van der Waals surface area contributed by atoms with Gasteiger partial charge in [0.1, 0.15) is 12.2 Å². The van der Waals surface area contributed by atoms with E-state index in [-0.39, 0.29) is 25.4 Å². The highest BCUT2D eigenvalue weighted by Gasteiger charge is 2.56. The second-order valence-electron chi connectivity index (χ2n) is 13.6. The molecule has 0 spiro atoms. The second kappa shape index (κ2) is 17.1. The summed E-state index contributed by atoms with van der Waals surface area (Å²) < 4.78 is 22.0. The largest absolute Gasteiger partial charge is 0.465 e. The molecule has 2 saturated heterocycles. The molecule has 48 heavy (non-hydrogen) atoms. The molecule has 2 aromatic carbocycles. The highest BCUT2D eigenvalue weighted by Crippen LogP contribution is 2.43. The van der Waals surface area contributed by atoms with Crippen molar-refractivity contribution in [1.29, 1.82) is 0 Å². The first kappa shape index (κ1) is 37.8. The van der Waals surface area contributed by atoms with E-state index in [1.807, 2.05) is 0 Å². The van der Waals surface area contributed by atoms with Crippen molar-refractivity contribution in [1.82, 2.24) is 0 Å². The van der Waals surface area contributed by atoms with Crippen LogP contribution in [-0.4, -0.2) is 60.8 Å². The van der Waals surface area contributed by atoms with Gasteiger partial charge in [-0.3, -0.25) is 19.2 Å². The van der Waals surface area contributed by atoms with Crippen LogP contribution in [0.5, 0.6) is 0 Å². The lowest BCUT2D eigenvalue weighted by Crippen LogP contribution is -2.38. The molecule has 262 valence electrons. The summed E-state index contributed by atoms with van der Waals surface area (Å²) in [5.41, 5.74) is -0.260. The Morgan fingerprint density at radius 3 is 1.35 bits per heavy atom. The Kier molecular flexibility index (Phi) is 13.5. The molecule has 2 fully saturated rings. The Bertz CT molecular complexity index is 1300. The van der Waals surface area contributed by atoms with Crippen LogP contribution in [0.3, 0.4) is 0 Å².